The lowest BCUT2D eigenvalue weighted by molar-refractivity contribution is -0.657. The Morgan fingerprint density at radius 3 is 1.72 bits per heavy atom. The molecule has 0 unspecified atom stereocenters. The third-order valence-electron chi connectivity index (χ3n) is 6.72. The molecule has 16 heteroatoms. The van der Waals surface area contributed by atoms with E-state index in [4.69, 9.17) is 11.6 Å². The molecule has 2 aromatic carbocycles. The van der Waals surface area contributed by atoms with Crippen molar-refractivity contribution < 1.29 is 4.57 Å². The Bertz CT molecular complexity index is 1720. The zero-order chi connectivity index (χ0) is 32.1. The van der Waals surface area contributed by atoms with Crippen molar-refractivity contribution in [3.8, 4) is 0 Å². The van der Waals surface area contributed by atoms with Crippen molar-refractivity contribution >= 4 is 58.1 Å². The second-order valence-corrected chi connectivity index (χ2v) is 10.7. The highest BCUT2D eigenvalue weighted by Crippen LogP contribution is 2.20. The van der Waals surface area contributed by atoms with Gasteiger partial charge in [0.25, 0.3) is 0 Å². The van der Waals surface area contributed by atoms with Crippen LogP contribution in [0.4, 0.5) is 46.5 Å². The van der Waals surface area contributed by atoms with Crippen LogP contribution in [0.15, 0.2) is 93.8 Å². The first kappa shape index (κ1) is 32.0. The molecule has 0 saturated carbocycles. The average molecular weight is 643 g/mol. The Labute approximate surface area is 271 Å². The summed E-state index contributed by atoms with van der Waals surface area (Å²) in [6.45, 7) is 2.86. The molecule has 0 radical (unpaired) electrons. The molecule has 5 aromatic rings. The van der Waals surface area contributed by atoms with Crippen LogP contribution in [0.25, 0.3) is 0 Å². The van der Waals surface area contributed by atoms with Crippen molar-refractivity contribution in [2.45, 2.75) is 12.8 Å². The highest BCUT2D eigenvalue weighted by molar-refractivity contribution is 6.28. The third-order valence-corrected chi connectivity index (χ3v) is 6.89. The fraction of sp³-hybridized carbons (Fsp3) is 0.300. The quantitative estimate of drug-likeness (QED) is 0.0571. The minimum Gasteiger partial charge on any atom is -0.385 e. The largest absolute Gasteiger partial charge is 0.421 e. The number of rotatable bonds is 16. The number of aromatic nitrogens is 7. The number of halogens is 1. The van der Waals surface area contributed by atoms with Crippen LogP contribution in [0.2, 0.25) is 5.28 Å². The molecule has 46 heavy (non-hydrogen) atoms. The number of aryl methyl sites for hydroxylation is 3. The maximum absolute atomic E-state index is 6.14. The first-order valence-corrected chi connectivity index (χ1v) is 15.2. The lowest BCUT2D eigenvalue weighted by atomic mass is 10.3. The van der Waals surface area contributed by atoms with E-state index in [1.54, 1.807) is 10.8 Å². The summed E-state index contributed by atoms with van der Waals surface area (Å²) in [4.78, 5) is 16.9. The van der Waals surface area contributed by atoms with Crippen molar-refractivity contribution in [2.24, 2.45) is 41.6 Å². The smallest absolute Gasteiger partial charge is 0.385 e. The van der Waals surface area contributed by atoms with Crippen LogP contribution in [0.3, 0.4) is 0 Å². The molecule has 3 heterocycles. The minimum atomic E-state index is 0.134. The number of azo groups is 2. The van der Waals surface area contributed by atoms with Gasteiger partial charge in [0.15, 0.2) is 0 Å². The monoisotopic (exact) mass is 642 g/mol. The van der Waals surface area contributed by atoms with Gasteiger partial charge in [0, 0.05) is 62.1 Å². The molecule has 0 fully saturated rings. The zero-order valence-corrected chi connectivity index (χ0v) is 26.7. The van der Waals surface area contributed by atoms with E-state index in [1.165, 1.54) is 0 Å². The first-order chi connectivity index (χ1) is 22.4. The SMILES string of the molecule is Cn1ccnc1N=Nc1ccc(NCCCNc2nc(Cl)nc(NCCCNc3ccc(N=Nc4n(C)cc[n+]4C)cc3)n2)cc1. The van der Waals surface area contributed by atoms with Gasteiger partial charge in [0.05, 0.1) is 32.2 Å². The third kappa shape index (κ3) is 9.53. The van der Waals surface area contributed by atoms with E-state index in [-0.39, 0.29) is 5.28 Å². The predicted octanol–water partition coefficient (Wildman–Crippen LogP) is 6.08. The summed E-state index contributed by atoms with van der Waals surface area (Å²) >= 11 is 6.14. The summed E-state index contributed by atoms with van der Waals surface area (Å²) in [5, 5.41) is 30.4. The van der Waals surface area contributed by atoms with Crippen LogP contribution < -0.4 is 25.8 Å². The van der Waals surface area contributed by atoms with E-state index in [9.17, 15) is 0 Å². The summed E-state index contributed by atoms with van der Waals surface area (Å²) < 4.78 is 5.64. The van der Waals surface area contributed by atoms with Gasteiger partial charge in [-0.05, 0) is 73.0 Å². The summed E-state index contributed by atoms with van der Waals surface area (Å²) in [5.74, 6) is 2.19. The van der Waals surface area contributed by atoms with Crippen LogP contribution in [0, 0.1) is 0 Å². The Morgan fingerprint density at radius 1 is 0.674 bits per heavy atom. The Hall–Kier alpha value is -5.44. The Balaban J connectivity index is 0.968. The van der Waals surface area contributed by atoms with Gasteiger partial charge in [-0.2, -0.15) is 15.0 Å². The fourth-order valence-corrected chi connectivity index (χ4v) is 4.39. The molecule has 238 valence electrons. The number of hydrogen-bond acceptors (Lipinski definition) is 12. The van der Waals surface area contributed by atoms with E-state index in [0.29, 0.717) is 30.9 Å². The molecule has 0 bridgehead atoms. The molecule has 0 aliphatic carbocycles. The van der Waals surface area contributed by atoms with E-state index in [0.717, 1.165) is 54.6 Å². The van der Waals surface area contributed by atoms with Crippen molar-refractivity contribution in [1.82, 2.24) is 29.1 Å². The van der Waals surface area contributed by atoms with E-state index < -0.39 is 0 Å². The second kappa shape index (κ2) is 16.0. The van der Waals surface area contributed by atoms with Gasteiger partial charge in [-0.25, -0.2) is 14.1 Å². The maximum Gasteiger partial charge on any atom is 0.421 e. The molecule has 15 nitrogen and oxygen atoms in total. The van der Waals surface area contributed by atoms with E-state index in [2.05, 4.69) is 61.7 Å². The number of benzene rings is 2. The van der Waals surface area contributed by atoms with Crippen LogP contribution in [-0.2, 0) is 21.1 Å². The lowest BCUT2D eigenvalue weighted by Crippen LogP contribution is -2.25. The zero-order valence-electron chi connectivity index (χ0n) is 26.0. The molecule has 5 rings (SSSR count). The molecule has 0 spiro atoms. The molecule has 0 saturated heterocycles. The van der Waals surface area contributed by atoms with E-state index in [1.807, 2.05) is 97.4 Å². The molecule has 0 aliphatic heterocycles. The highest BCUT2D eigenvalue weighted by Gasteiger charge is 2.10. The minimum absolute atomic E-state index is 0.134. The summed E-state index contributed by atoms with van der Waals surface area (Å²) in [5.41, 5.74) is 3.54. The van der Waals surface area contributed by atoms with Crippen LogP contribution >= 0.6 is 11.6 Å². The summed E-state index contributed by atoms with van der Waals surface area (Å²) in [7, 11) is 5.75. The predicted molar refractivity (Wildman–Crippen MR) is 179 cm³/mol. The van der Waals surface area contributed by atoms with Gasteiger partial charge in [0.2, 0.25) is 23.1 Å². The molecule has 3 aromatic heterocycles. The number of hydrogen-bond donors (Lipinski definition) is 4. The number of anilines is 4. The van der Waals surface area contributed by atoms with Gasteiger partial charge in [-0.1, -0.05) is 5.11 Å². The molecular weight excluding hydrogens is 606 g/mol. The molecular formula is C30H37ClN15+. The topological polar surface area (TPSA) is 163 Å². The Morgan fingerprint density at radius 2 is 1.22 bits per heavy atom. The Kier molecular flexibility index (Phi) is 11.1. The van der Waals surface area contributed by atoms with Crippen molar-refractivity contribution in [3.63, 3.8) is 0 Å². The van der Waals surface area contributed by atoms with E-state index >= 15 is 0 Å². The van der Waals surface area contributed by atoms with Crippen LogP contribution in [-0.4, -0.2) is 55.2 Å². The average Bonchev–Trinajstić information content (AvgIpc) is 3.62. The van der Waals surface area contributed by atoms with Gasteiger partial charge >= 0.3 is 5.95 Å². The highest BCUT2D eigenvalue weighted by atomic mass is 35.5. The second-order valence-electron chi connectivity index (χ2n) is 10.3. The van der Waals surface area contributed by atoms with Gasteiger partial charge in [-0.15, -0.1) is 10.2 Å². The number of nitrogens with one attached hydrogen (secondary N) is 4. The summed E-state index contributed by atoms with van der Waals surface area (Å²) in [6.07, 6.45) is 9.07. The molecule has 0 atom stereocenters. The fourth-order valence-electron chi connectivity index (χ4n) is 4.22. The number of imidazole rings is 2. The lowest BCUT2D eigenvalue weighted by Gasteiger charge is -2.10. The molecule has 4 N–H and O–H groups in total. The molecule has 0 amide bonds. The van der Waals surface area contributed by atoms with Crippen molar-refractivity contribution in [2.75, 3.05) is 47.4 Å². The van der Waals surface area contributed by atoms with Crippen molar-refractivity contribution in [1.29, 1.82) is 0 Å². The van der Waals surface area contributed by atoms with Gasteiger partial charge in [0.1, 0.15) is 5.69 Å². The first-order valence-electron chi connectivity index (χ1n) is 14.8. The van der Waals surface area contributed by atoms with Crippen LogP contribution in [0.1, 0.15) is 12.8 Å². The molecule has 0 aliphatic rings. The number of nitrogens with zero attached hydrogens (tertiary/aromatic N) is 11. The normalized spacial score (nSPS) is 11.4. The van der Waals surface area contributed by atoms with Gasteiger partial charge < -0.3 is 25.8 Å². The maximum atomic E-state index is 6.14. The summed E-state index contributed by atoms with van der Waals surface area (Å²) in [6, 6.07) is 15.6. The standard InChI is InChI=1S/C30H36ClN15/c1-44-19-18-36-29(44)42-40-24-10-6-22(7-11-24)32-14-4-16-34-27-37-26(31)38-28(39-27)35-17-5-15-33-23-8-12-25(13-9-23)41-43-30-45(2)20-21-46(30)3/h6-13,18-21H,4-5,14-17H2,1-3H3,(H3,32,34,35,36,37,38,39,42)/p+1. The van der Waals surface area contributed by atoms with Gasteiger partial charge in [-0.3, -0.25) is 0 Å². The van der Waals surface area contributed by atoms with Crippen molar-refractivity contribution in [3.05, 3.63) is 78.6 Å². The van der Waals surface area contributed by atoms with Crippen LogP contribution in [0.5, 0.6) is 0 Å².